The summed E-state index contributed by atoms with van der Waals surface area (Å²) >= 11 is 1.80. The summed E-state index contributed by atoms with van der Waals surface area (Å²) in [7, 11) is 2.18. The number of rotatable bonds is 4. The fourth-order valence-electron chi connectivity index (χ4n) is 5.39. The third kappa shape index (κ3) is 3.22. The number of halogens is 1. The number of piperidine rings is 1. The summed E-state index contributed by atoms with van der Waals surface area (Å²) in [5.74, 6) is 1.06. The first-order valence-corrected chi connectivity index (χ1v) is 11.1. The molecule has 2 N–H and O–H groups in total. The van der Waals surface area contributed by atoms with Crippen molar-refractivity contribution in [2.24, 2.45) is 11.8 Å². The Bertz CT molecular complexity index is 871. The monoisotopic (exact) mass is 399 g/mol. The van der Waals surface area contributed by atoms with Gasteiger partial charge in [0.25, 0.3) is 0 Å². The molecule has 1 aliphatic heterocycles. The highest BCUT2D eigenvalue weighted by Crippen LogP contribution is 2.56. The molecule has 1 aromatic heterocycles. The lowest BCUT2D eigenvalue weighted by molar-refractivity contribution is 0.123. The van der Waals surface area contributed by atoms with Crippen LogP contribution in [0.1, 0.15) is 40.8 Å². The number of likely N-dealkylation sites (tertiary alicyclic amines) is 1. The summed E-state index contributed by atoms with van der Waals surface area (Å²) in [5, 5.41) is 8.41. The zero-order valence-electron chi connectivity index (χ0n) is 16.0. The Morgan fingerprint density at radius 2 is 2.25 bits per heavy atom. The Morgan fingerprint density at radius 3 is 3.07 bits per heavy atom. The van der Waals surface area contributed by atoms with Crippen molar-refractivity contribution >= 4 is 17.4 Å². The number of carbonyl (C=O) groups is 1. The van der Waals surface area contributed by atoms with Crippen molar-refractivity contribution in [1.82, 2.24) is 15.5 Å². The summed E-state index contributed by atoms with van der Waals surface area (Å²) in [5.41, 5.74) is 2.32. The molecule has 28 heavy (non-hydrogen) atoms. The van der Waals surface area contributed by atoms with Gasteiger partial charge in [-0.2, -0.15) is 0 Å². The zero-order valence-corrected chi connectivity index (χ0v) is 16.8. The van der Waals surface area contributed by atoms with E-state index in [0.29, 0.717) is 30.3 Å². The normalized spacial score (nSPS) is 31.1. The van der Waals surface area contributed by atoms with Gasteiger partial charge in [-0.25, -0.2) is 9.18 Å². The van der Waals surface area contributed by atoms with E-state index >= 15 is 0 Å². The molecular formula is C22H26FN3OS. The molecule has 0 radical (unpaired) electrons. The largest absolute Gasteiger partial charge is 0.338 e. The summed E-state index contributed by atoms with van der Waals surface area (Å²) in [6, 6.07) is 9.88. The van der Waals surface area contributed by atoms with Gasteiger partial charge in [-0.3, -0.25) is 4.90 Å². The van der Waals surface area contributed by atoms with E-state index in [1.165, 1.54) is 22.9 Å². The predicted octanol–water partition coefficient (Wildman–Crippen LogP) is 3.91. The second kappa shape index (κ2) is 7.16. The molecule has 5 rings (SSSR count). The molecule has 2 aliphatic carbocycles. The minimum atomic E-state index is -0.167. The Kier molecular flexibility index (Phi) is 4.63. The van der Waals surface area contributed by atoms with Crippen LogP contribution in [0.3, 0.4) is 0 Å². The summed E-state index contributed by atoms with van der Waals surface area (Å²) in [6.07, 6.45) is 3.18. The van der Waals surface area contributed by atoms with Crippen molar-refractivity contribution in [3.8, 4) is 0 Å². The van der Waals surface area contributed by atoms with Crippen molar-refractivity contribution < 1.29 is 9.18 Å². The topological polar surface area (TPSA) is 44.4 Å². The molecule has 2 fully saturated rings. The Balaban J connectivity index is 1.17. The van der Waals surface area contributed by atoms with Crippen LogP contribution in [0.5, 0.6) is 0 Å². The predicted molar refractivity (Wildman–Crippen MR) is 109 cm³/mol. The third-order valence-corrected chi connectivity index (χ3v) is 7.70. The SMILES string of the molecule is CN1CCCC(CNC(=O)NC2C3Cc4cc(F)ccc4C32)C1c1cccs1. The molecule has 1 saturated heterocycles. The lowest BCUT2D eigenvalue weighted by Crippen LogP contribution is -2.45. The van der Waals surface area contributed by atoms with Crippen molar-refractivity contribution in [2.45, 2.75) is 37.3 Å². The Hall–Kier alpha value is -1.92. The van der Waals surface area contributed by atoms with Gasteiger partial charge in [0, 0.05) is 29.4 Å². The van der Waals surface area contributed by atoms with Gasteiger partial charge in [0.1, 0.15) is 5.82 Å². The van der Waals surface area contributed by atoms with Crippen LogP contribution < -0.4 is 10.6 Å². The molecule has 1 aromatic carbocycles. The highest BCUT2D eigenvalue weighted by atomic mass is 32.1. The number of nitrogens with one attached hydrogen (secondary N) is 2. The maximum atomic E-state index is 13.4. The number of amides is 2. The fourth-order valence-corrected chi connectivity index (χ4v) is 6.37. The molecule has 0 spiro atoms. The van der Waals surface area contributed by atoms with Gasteiger partial charge in [0.2, 0.25) is 0 Å². The second-order valence-corrected chi connectivity index (χ2v) is 9.44. The molecule has 2 heterocycles. The van der Waals surface area contributed by atoms with Crippen molar-refractivity contribution in [3.05, 3.63) is 57.5 Å². The summed E-state index contributed by atoms with van der Waals surface area (Å²) in [6.45, 7) is 1.80. The lowest BCUT2D eigenvalue weighted by atomic mass is 9.88. The second-order valence-electron chi connectivity index (χ2n) is 8.46. The number of carbonyl (C=O) groups excluding carboxylic acids is 1. The number of nitrogens with zero attached hydrogens (tertiary/aromatic N) is 1. The van der Waals surface area contributed by atoms with Crippen LogP contribution in [-0.2, 0) is 6.42 Å². The van der Waals surface area contributed by atoms with Crippen LogP contribution in [0.4, 0.5) is 9.18 Å². The molecular weight excluding hydrogens is 373 g/mol. The van der Waals surface area contributed by atoms with Crippen LogP contribution >= 0.6 is 11.3 Å². The van der Waals surface area contributed by atoms with Crippen LogP contribution in [-0.4, -0.2) is 37.1 Å². The minimum absolute atomic E-state index is 0.0683. The number of hydrogen-bond donors (Lipinski definition) is 2. The average molecular weight is 400 g/mol. The average Bonchev–Trinajstić information content (AvgIpc) is 3.05. The van der Waals surface area contributed by atoms with Gasteiger partial charge in [-0.15, -0.1) is 11.3 Å². The molecule has 2 amide bonds. The number of hydrogen-bond acceptors (Lipinski definition) is 3. The maximum absolute atomic E-state index is 13.4. The number of fused-ring (bicyclic) bond motifs is 3. The van der Waals surface area contributed by atoms with E-state index in [1.54, 1.807) is 17.4 Å². The van der Waals surface area contributed by atoms with Gasteiger partial charge < -0.3 is 10.6 Å². The van der Waals surface area contributed by atoms with E-state index in [1.807, 2.05) is 6.07 Å². The van der Waals surface area contributed by atoms with Crippen molar-refractivity contribution in [3.63, 3.8) is 0 Å². The summed E-state index contributed by atoms with van der Waals surface area (Å²) in [4.78, 5) is 16.3. The molecule has 1 saturated carbocycles. The van der Waals surface area contributed by atoms with E-state index in [-0.39, 0.29) is 17.9 Å². The third-order valence-electron chi connectivity index (χ3n) is 6.75. The smallest absolute Gasteiger partial charge is 0.315 e. The molecule has 0 bridgehead atoms. The van der Waals surface area contributed by atoms with Gasteiger partial charge >= 0.3 is 6.03 Å². The first-order chi connectivity index (χ1) is 13.6. The Morgan fingerprint density at radius 1 is 1.36 bits per heavy atom. The molecule has 6 heteroatoms. The highest BCUT2D eigenvalue weighted by Gasteiger charge is 2.56. The first-order valence-electron chi connectivity index (χ1n) is 10.2. The van der Waals surface area contributed by atoms with Crippen LogP contribution in [0.25, 0.3) is 0 Å². The Labute approximate surface area is 169 Å². The number of benzene rings is 1. The van der Waals surface area contributed by atoms with Crippen LogP contribution in [0, 0.1) is 17.7 Å². The molecule has 5 unspecified atom stereocenters. The molecule has 3 aliphatic rings. The van der Waals surface area contributed by atoms with E-state index in [9.17, 15) is 9.18 Å². The van der Waals surface area contributed by atoms with E-state index in [4.69, 9.17) is 0 Å². The van der Waals surface area contributed by atoms with E-state index < -0.39 is 0 Å². The molecule has 148 valence electrons. The van der Waals surface area contributed by atoms with Gasteiger partial charge in [0.15, 0.2) is 0 Å². The van der Waals surface area contributed by atoms with Gasteiger partial charge in [0.05, 0.1) is 0 Å². The van der Waals surface area contributed by atoms with Crippen LogP contribution in [0.2, 0.25) is 0 Å². The van der Waals surface area contributed by atoms with Gasteiger partial charge in [-0.05, 0) is 79.4 Å². The number of urea groups is 1. The van der Waals surface area contributed by atoms with E-state index in [0.717, 1.165) is 24.9 Å². The zero-order chi connectivity index (χ0) is 19.3. The fraction of sp³-hybridized carbons (Fsp3) is 0.500. The van der Waals surface area contributed by atoms with E-state index in [2.05, 4.69) is 40.1 Å². The van der Waals surface area contributed by atoms with Gasteiger partial charge in [-0.1, -0.05) is 12.1 Å². The quantitative estimate of drug-likeness (QED) is 0.819. The minimum Gasteiger partial charge on any atom is -0.338 e. The van der Waals surface area contributed by atoms with Crippen molar-refractivity contribution in [2.75, 3.05) is 20.1 Å². The van der Waals surface area contributed by atoms with Crippen LogP contribution in [0.15, 0.2) is 35.7 Å². The molecule has 2 aromatic rings. The molecule has 5 atom stereocenters. The molecule has 4 nitrogen and oxygen atoms in total. The standard InChI is InChI=1S/C22H26FN3OS/c1-26-8-2-4-13(21(26)18-5-3-9-28-18)12-24-22(27)25-20-17-11-14-10-15(23)6-7-16(14)19(17)20/h3,5-7,9-10,13,17,19-21H,2,4,8,11-12H2,1H3,(H2,24,25,27). The maximum Gasteiger partial charge on any atom is 0.315 e. The van der Waals surface area contributed by atoms with Crippen molar-refractivity contribution in [1.29, 1.82) is 0 Å². The number of thiophene rings is 1. The first kappa shape index (κ1) is 18.1. The highest BCUT2D eigenvalue weighted by molar-refractivity contribution is 7.10. The lowest BCUT2D eigenvalue weighted by Gasteiger charge is -2.38. The summed E-state index contributed by atoms with van der Waals surface area (Å²) < 4.78 is 13.4.